The number of alkyl halides is 3. The molecule has 15 heavy (non-hydrogen) atoms. The van der Waals surface area contributed by atoms with E-state index in [4.69, 9.17) is 10.8 Å². The van der Waals surface area contributed by atoms with E-state index in [1.54, 1.807) is 6.26 Å². The molecular formula is C8H14F3NO2S. The van der Waals surface area contributed by atoms with Crippen molar-refractivity contribution in [2.45, 2.75) is 25.1 Å². The lowest BCUT2D eigenvalue weighted by Gasteiger charge is -2.21. The topological polar surface area (TPSA) is 63.3 Å². The Kier molecular flexibility index (Phi) is 6.04. The molecule has 0 radical (unpaired) electrons. The largest absolute Gasteiger partial charge is 0.481 e. The van der Waals surface area contributed by atoms with Crippen molar-refractivity contribution in [1.29, 1.82) is 0 Å². The highest BCUT2D eigenvalue weighted by molar-refractivity contribution is 7.98. The predicted molar refractivity (Wildman–Crippen MR) is 52.8 cm³/mol. The van der Waals surface area contributed by atoms with Crippen molar-refractivity contribution in [2.75, 3.05) is 12.0 Å². The number of nitrogens with two attached hydrogens (primary N) is 1. The van der Waals surface area contributed by atoms with E-state index in [9.17, 15) is 18.0 Å². The molecule has 0 aromatic rings. The van der Waals surface area contributed by atoms with Crippen molar-refractivity contribution < 1.29 is 23.1 Å². The maximum Gasteiger partial charge on any atom is 0.392 e. The molecule has 0 rings (SSSR count). The predicted octanol–water partition coefficient (Wildman–Crippen LogP) is 1.72. The number of hydrogen-bond donors (Lipinski definition) is 2. The molecule has 0 aliphatic rings. The lowest BCUT2D eigenvalue weighted by Crippen LogP contribution is -2.34. The van der Waals surface area contributed by atoms with Crippen LogP contribution in [0.5, 0.6) is 0 Å². The molecule has 0 aromatic carbocycles. The zero-order valence-electron chi connectivity index (χ0n) is 8.25. The molecule has 0 saturated heterocycles. The van der Waals surface area contributed by atoms with Gasteiger partial charge in [0.05, 0.1) is 12.3 Å². The fourth-order valence-electron chi connectivity index (χ4n) is 1.19. The van der Waals surface area contributed by atoms with Crippen molar-refractivity contribution in [2.24, 2.45) is 11.7 Å². The second-order valence-electron chi connectivity index (χ2n) is 3.29. The van der Waals surface area contributed by atoms with Crippen molar-refractivity contribution in [3.63, 3.8) is 0 Å². The number of halogens is 3. The van der Waals surface area contributed by atoms with E-state index in [-0.39, 0.29) is 6.42 Å². The van der Waals surface area contributed by atoms with Gasteiger partial charge < -0.3 is 10.8 Å². The van der Waals surface area contributed by atoms with Crippen molar-refractivity contribution in [1.82, 2.24) is 0 Å². The molecule has 0 aliphatic heterocycles. The molecule has 0 unspecified atom stereocenters. The SMILES string of the molecule is CSC[C@@H](N)C[C@@H](CC(=O)O)C(F)(F)F. The van der Waals surface area contributed by atoms with E-state index in [1.165, 1.54) is 11.8 Å². The molecule has 0 aliphatic carbocycles. The highest BCUT2D eigenvalue weighted by atomic mass is 32.2. The third-order valence-corrected chi connectivity index (χ3v) is 2.61. The molecule has 0 fully saturated rings. The normalized spacial score (nSPS) is 16.1. The first-order chi connectivity index (χ1) is 6.77. The van der Waals surface area contributed by atoms with Gasteiger partial charge in [0.2, 0.25) is 0 Å². The zero-order chi connectivity index (χ0) is 12.1. The summed E-state index contributed by atoms with van der Waals surface area (Å²) in [6.45, 7) is 0. The minimum absolute atomic E-state index is 0.337. The van der Waals surface area contributed by atoms with E-state index in [0.29, 0.717) is 5.75 Å². The Hall–Kier alpha value is -0.430. The molecule has 2 atom stereocenters. The van der Waals surface area contributed by atoms with Crippen LogP contribution < -0.4 is 5.73 Å². The molecule has 3 nitrogen and oxygen atoms in total. The molecule has 90 valence electrons. The summed E-state index contributed by atoms with van der Waals surface area (Å²) in [7, 11) is 0. The molecule has 0 heterocycles. The van der Waals surface area contributed by atoms with Crippen LogP contribution in [-0.2, 0) is 4.79 Å². The van der Waals surface area contributed by atoms with Gasteiger partial charge in [0, 0.05) is 11.8 Å². The van der Waals surface area contributed by atoms with Crippen LogP contribution in [0, 0.1) is 5.92 Å². The van der Waals surface area contributed by atoms with E-state index in [2.05, 4.69) is 0 Å². The summed E-state index contributed by atoms with van der Waals surface area (Å²) in [5, 5.41) is 8.34. The van der Waals surface area contributed by atoms with Gasteiger partial charge in [0.1, 0.15) is 0 Å². The first-order valence-electron chi connectivity index (χ1n) is 4.30. The highest BCUT2D eigenvalue weighted by Crippen LogP contribution is 2.32. The Morgan fingerprint density at radius 2 is 2.07 bits per heavy atom. The third-order valence-electron chi connectivity index (χ3n) is 1.85. The number of carboxylic acid groups (broad SMARTS) is 1. The molecule has 0 bridgehead atoms. The fraction of sp³-hybridized carbons (Fsp3) is 0.875. The van der Waals surface area contributed by atoms with Crippen molar-refractivity contribution >= 4 is 17.7 Å². The Balaban J connectivity index is 4.31. The average Bonchev–Trinajstić information content (AvgIpc) is 2.00. The standard InChI is InChI=1S/C8H14F3NO2S/c1-15-4-6(12)2-5(3-7(13)14)8(9,10)11/h5-6H,2-4,12H2,1H3,(H,13,14)/t5-,6-/m0/s1. The van der Waals surface area contributed by atoms with Gasteiger partial charge in [0.15, 0.2) is 0 Å². The quantitative estimate of drug-likeness (QED) is 0.748. The van der Waals surface area contributed by atoms with E-state index >= 15 is 0 Å². The smallest absolute Gasteiger partial charge is 0.392 e. The molecule has 7 heteroatoms. The van der Waals surface area contributed by atoms with Gasteiger partial charge in [-0.15, -0.1) is 0 Å². The Labute approximate surface area is 90.2 Å². The van der Waals surface area contributed by atoms with Crippen LogP contribution in [0.3, 0.4) is 0 Å². The van der Waals surface area contributed by atoms with Crippen LogP contribution in [0.25, 0.3) is 0 Å². The summed E-state index contributed by atoms with van der Waals surface area (Å²) < 4.78 is 37.1. The van der Waals surface area contributed by atoms with Crippen LogP contribution in [-0.4, -0.2) is 35.3 Å². The van der Waals surface area contributed by atoms with Crippen LogP contribution in [0.1, 0.15) is 12.8 Å². The molecule has 3 N–H and O–H groups in total. The second kappa shape index (κ2) is 6.22. The summed E-state index contributed by atoms with van der Waals surface area (Å²) in [5.41, 5.74) is 5.44. The molecule has 0 spiro atoms. The molecular weight excluding hydrogens is 231 g/mol. The number of hydrogen-bond acceptors (Lipinski definition) is 3. The molecule has 0 amide bonds. The van der Waals surface area contributed by atoms with Crippen LogP contribution in [0.4, 0.5) is 13.2 Å². The lowest BCUT2D eigenvalue weighted by atomic mass is 9.97. The van der Waals surface area contributed by atoms with Gasteiger partial charge in [-0.25, -0.2) is 0 Å². The van der Waals surface area contributed by atoms with Crippen molar-refractivity contribution in [3.05, 3.63) is 0 Å². The van der Waals surface area contributed by atoms with Crippen LogP contribution >= 0.6 is 11.8 Å². The monoisotopic (exact) mass is 245 g/mol. The van der Waals surface area contributed by atoms with Gasteiger partial charge in [-0.2, -0.15) is 24.9 Å². The maximum absolute atomic E-state index is 12.4. The van der Waals surface area contributed by atoms with Crippen LogP contribution in [0.15, 0.2) is 0 Å². The first-order valence-corrected chi connectivity index (χ1v) is 5.69. The maximum atomic E-state index is 12.4. The number of thioether (sulfide) groups is 1. The Bertz CT molecular complexity index is 211. The molecule has 0 saturated carbocycles. The second-order valence-corrected chi connectivity index (χ2v) is 4.20. The van der Waals surface area contributed by atoms with Gasteiger partial charge >= 0.3 is 12.1 Å². The van der Waals surface area contributed by atoms with Crippen molar-refractivity contribution in [3.8, 4) is 0 Å². The summed E-state index contributed by atoms with van der Waals surface area (Å²) in [5.74, 6) is -2.91. The Morgan fingerprint density at radius 1 is 1.53 bits per heavy atom. The molecule has 0 aromatic heterocycles. The first kappa shape index (κ1) is 14.6. The fourth-order valence-corrected chi connectivity index (χ4v) is 1.76. The lowest BCUT2D eigenvalue weighted by molar-refractivity contribution is -0.185. The summed E-state index contributed by atoms with van der Waals surface area (Å²) in [4.78, 5) is 10.2. The number of aliphatic carboxylic acids is 1. The summed E-state index contributed by atoms with van der Waals surface area (Å²) in [6.07, 6.45) is -4.00. The van der Waals surface area contributed by atoms with E-state index < -0.39 is 30.5 Å². The van der Waals surface area contributed by atoms with E-state index in [0.717, 1.165) is 0 Å². The minimum atomic E-state index is -4.49. The number of carboxylic acids is 1. The highest BCUT2D eigenvalue weighted by Gasteiger charge is 2.41. The van der Waals surface area contributed by atoms with Gasteiger partial charge in [-0.1, -0.05) is 0 Å². The average molecular weight is 245 g/mol. The number of carbonyl (C=O) groups is 1. The van der Waals surface area contributed by atoms with Gasteiger partial charge in [0.25, 0.3) is 0 Å². The van der Waals surface area contributed by atoms with Crippen LogP contribution in [0.2, 0.25) is 0 Å². The van der Waals surface area contributed by atoms with E-state index in [1.807, 2.05) is 0 Å². The zero-order valence-corrected chi connectivity index (χ0v) is 9.07. The summed E-state index contributed by atoms with van der Waals surface area (Å²) in [6, 6.07) is -0.619. The Morgan fingerprint density at radius 3 is 2.40 bits per heavy atom. The third kappa shape index (κ3) is 6.62. The summed E-state index contributed by atoms with van der Waals surface area (Å²) >= 11 is 1.34. The van der Waals surface area contributed by atoms with Gasteiger partial charge in [-0.05, 0) is 12.7 Å². The number of rotatable bonds is 6. The minimum Gasteiger partial charge on any atom is -0.481 e. The van der Waals surface area contributed by atoms with Gasteiger partial charge in [-0.3, -0.25) is 4.79 Å².